The second-order valence-electron chi connectivity index (χ2n) is 8.22. The molecule has 5 rings (SSSR count). The molecule has 8 heteroatoms. The predicted molar refractivity (Wildman–Crippen MR) is 133 cm³/mol. The van der Waals surface area contributed by atoms with Crippen LogP contribution in [0.2, 0.25) is 5.02 Å². The van der Waals surface area contributed by atoms with E-state index >= 15 is 0 Å². The maximum absolute atomic E-state index is 14.0. The molecule has 1 aliphatic heterocycles. The van der Waals surface area contributed by atoms with Crippen LogP contribution in [0.1, 0.15) is 36.9 Å². The minimum atomic E-state index is -0.569. The number of halogens is 2. The number of aryl methyl sites for hydroxylation is 1. The van der Waals surface area contributed by atoms with Crippen molar-refractivity contribution in [1.82, 2.24) is 15.5 Å². The fourth-order valence-electron chi connectivity index (χ4n) is 4.19. The molecule has 0 spiro atoms. The second kappa shape index (κ2) is 9.35. The van der Waals surface area contributed by atoms with Crippen LogP contribution in [-0.4, -0.2) is 16.2 Å². The molecule has 0 saturated heterocycles. The summed E-state index contributed by atoms with van der Waals surface area (Å²) in [6.45, 7) is 3.87. The van der Waals surface area contributed by atoms with Crippen molar-refractivity contribution < 1.29 is 13.7 Å². The number of anilines is 1. The van der Waals surface area contributed by atoms with Crippen molar-refractivity contribution in [2.45, 2.75) is 26.3 Å². The van der Waals surface area contributed by atoms with E-state index in [4.69, 9.17) is 16.1 Å². The molecule has 3 aromatic carbocycles. The molecule has 0 aliphatic carbocycles. The van der Waals surface area contributed by atoms with E-state index < -0.39 is 17.9 Å². The lowest BCUT2D eigenvalue weighted by atomic mass is 9.94. The number of nitrogens with zero attached hydrogens (tertiary/aromatic N) is 3. The fraction of sp³-hybridized carbons (Fsp3) is 0.148. The number of amides is 2. The van der Waals surface area contributed by atoms with Crippen LogP contribution in [0.5, 0.6) is 0 Å². The lowest BCUT2D eigenvalue weighted by molar-refractivity contribution is 0.244. The normalized spacial score (nSPS) is 15.9. The Hall–Kier alpha value is -3.97. The molecule has 0 radical (unpaired) electrons. The van der Waals surface area contributed by atoms with Gasteiger partial charge in [0.15, 0.2) is 0 Å². The van der Waals surface area contributed by atoms with Gasteiger partial charge in [0.2, 0.25) is 5.82 Å². The number of nitrogens with one attached hydrogen (secondary N) is 1. The van der Waals surface area contributed by atoms with E-state index in [9.17, 15) is 9.18 Å². The second-order valence-corrected chi connectivity index (χ2v) is 8.66. The first-order valence-corrected chi connectivity index (χ1v) is 11.6. The Morgan fingerprint density at radius 1 is 1.09 bits per heavy atom. The molecule has 1 aromatic heterocycles. The van der Waals surface area contributed by atoms with E-state index in [1.807, 2.05) is 36.4 Å². The van der Waals surface area contributed by atoms with Crippen molar-refractivity contribution in [3.63, 3.8) is 0 Å². The van der Waals surface area contributed by atoms with Gasteiger partial charge in [-0.1, -0.05) is 66.1 Å². The van der Waals surface area contributed by atoms with Gasteiger partial charge >= 0.3 is 6.03 Å². The minimum absolute atomic E-state index is 0.262. The number of hydrogen-bond donors (Lipinski definition) is 1. The van der Waals surface area contributed by atoms with Crippen LogP contribution in [0.15, 0.2) is 83.0 Å². The van der Waals surface area contributed by atoms with Crippen LogP contribution in [0, 0.1) is 5.82 Å². The molecule has 0 fully saturated rings. The van der Waals surface area contributed by atoms with Crippen LogP contribution in [-0.2, 0) is 6.42 Å². The summed E-state index contributed by atoms with van der Waals surface area (Å²) in [6.07, 6.45) is 0.933. The van der Waals surface area contributed by atoms with Crippen LogP contribution in [0.4, 0.5) is 14.9 Å². The standard InChI is InChI=1S/C27H22ClFN4O2/c1-3-17-7-9-19(10-8-17)25-31-26(35-32-25)23-16(2)33(22-6-4-5-21(29)15-22)27(34)30-24(23)18-11-13-20(28)14-12-18/h4-15,24H,3H2,1-2H3,(H,30,34). The van der Waals surface area contributed by atoms with E-state index in [0.29, 0.717) is 27.8 Å². The average Bonchev–Trinajstić information content (AvgIpc) is 3.34. The van der Waals surface area contributed by atoms with E-state index in [2.05, 4.69) is 22.4 Å². The molecule has 1 aliphatic rings. The maximum Gasteiger partial charge on any atom is 0.327 e. The Morgan fingerprint density at radius 2 is 1.83 bits per heavy atom. The summed E-state index contributed by atoms with van der Waals surface area (Å²) in [7, 11) is 0. The Bertz CT molecular complexity index is 1410. The van der Waals surface area contributed by atoms with Crippen molar-refractivity contribution in [2.75, 3.05) is 4.90 Å². The third-order valence-electron chi connectivity index (χ3n) is 6.03. The summed E-state index contributed by atoms with van der Waals surface area (Å²) in [5, 5.41) is 7.77. The summed E-state index contributed by atoms with van der Waals surface area (Å²) in [4.78, 5) is 19.3. The molecular formula is C27H22ClFN4O2. The number of carbonyl (C=O) groups is 1. The molecule has 35 heavy (non-hydrogen) atoms. The molecule has 2 amide bonds. The minimum Gasteiger partial charge on any atom is -0.334 e. The molecule has 2 heterocycles. The van der Waals surface area contributed by atoms with Crippen molar-refractivity contribution in [3.8, 4) is 11.4 Å². The molecule has 1 unspecified atom stereocenters. The molecule has 4 aromatic rings. The third-order valence-corrected chi connectivity index (χ3v) is 6.28. The molecule has 6 nitrogen and oxygen atoms in total. The zero-order chi connectivity index (χ0) is 24.5. The zero-order valence-corrected chi connectivity index (χ0v) is 19.9. The summed E-state index contributed by atoms with van der Waals surface area (Å²) >= 11 is 6.09. The van der Waals surface area contributed by atoms with Gasteiger partial charge in [-0.25, -0.2) is 9.18 Å². The Morgan fingerprint density at radius 3 is 2.51 bits per heavy atom. The van der Waals surface area contributed by atoms with Gasteiger partial charge in [0.05, 0.1) is 17.3 Å². The number of urea groups is 1. The number of allylic oxidation sites excluding steroid dienone is 1. The molecule has 1 N–H and O–H groups in total. The van der Waals surface area contributed by atoms with E-state index in [1.165, 1.54) is 22.6 Å². The number of carbonyl (C=O) groups excluding carboxylic acids is 1. The predicted octanol–water partition coefficient (Wildman–Crippen LogP) is 6.79. The number of benzene rings is 3. The van der Waals surface area contributed by atoms with Crippen LogP contribution in [0.25, 0.3) is 17.0 Å². The van der Waals surface area contributed by atoms with E-state index in [0.717, 1.165) is 17.5 Å². The van der Waals surface area contributed by atoms with Gasteiger partial charge in [-0.15, -0.1) is 0 Å². The van der Waals surface area contributed by atoms with Crippen molar-refractivity contribution in [1.29, 1.82) is 0 Å². The summed E-state index contributed by atoms with van der Waals surface area (Å²) in [5.74, 6) is 0.255. The largest absolute Gasteiger partial charge is 0.334 e. The first kappa shape index (κ1) is 22.8. The highest BCUT2D eigenvalue weighted by atomic mass is 35.5. The van der Waals surface area contributed by atoms with Gasteiger partial charge in [-0.05, 0) is 54.8 Å². The molecule has 0 saturated carbocycles. The quantitative estimate of drug-likeness (QED) is 0.335. The van der Waals surface area contributed by atoms with Crippen molar-refractivity contribution in [2.24, 2.45) is 0 Å². The lowest BCUT2D eigenvalue weighted by Gasteiger charge is -2.35. The first-order valence-electron chi connectivity index (χ1n) is 11.2. The van der Waals surface area contributed by atoms with Gasteiger partial charge in [-0.3, -0.25) is 4.90 Å². The number of rotatable bonds is 5. The Balaban J connectivity index is 1.63. The van der Waals surface area contributed by atoms with Crippen LogP contribution >= 0.6 is 11.6 Å². The average molecular weight is 489 g/mol. The van der Waals surface area contributed by atoms with E-state index in [1.54, 1.807) is 31.2 Å². The monoisotopic (exact) mass is 488 g/mol. The van der Waals surface area contributed by atoms with Gasteiger partial charge in [0.1, 0.15) is 5.82 Å². The third kappa shape index (κ3) is 4.42. The lowest BCUT2D eigenvalue weighted by Crippen LogP contribution is -2.46. The summed E-state index contributed by atoms with van der Waals surface area (Å²) < 4.78 is 19.7. The first-order chi connectivity index (χ1) is 16.9. The highest BCUT2D eigenvalue weighted by Gasteiger charge is 2.36. The highest BCUT2D eigenvalue weighted by molar-refractivity contribution is 6.30. The fourth-order valence-corrected chi connectivity index (χ4v) is 4.32. The highest BCUT2D eigenvalue weighted by Crippen LogP contribution is 2.39. The topological polar surface area (TPSA) is 71.3 Å². The summed E-state index contributed by atoms with van der Waals surface area (Å²) in [6, 6.07) is 20.0. The molecular weight excluding hydrogens is 467 g/mol. The van der Waals surface area contributed by atoms with Gasteiger partial charge in [0, 0.05) is 16.3 Å². The van der Waals surface area contributed by atoms with E-state index in [-0.39, 0.29) is 5.89 Å². The number of hydrogen-bond acceptors (Lipinski definition) is 4. The maximum atomic E-state index is 14.0. The van der Waals surface area contributed by atoms with Crippen LogP contribution in [0.3, 0.4) is 0 Å². The van der Waals surface area contributed by atoms with Gasteiger partial charge in [0.25, 0.3) is 5.89 Å². The Labute approximate surface area is 207 Å². The van der Waals surface area contributed by atoms with Crippen LogP contribution < -0.4 is 10.2 Å². The molecule has 1 atom stereocenters. The molecule has 176 valence electrons. The van der Waals surface area contributed by atoms with Gasteiger partial charge < -0.3 is 9.84 Å². The zero-order valence-electron chi connectivity index (χ0n) is 19.1. The van der Waals surface area contributed by atoms with Crippen molar-refractivity contribution >= 4 is 28.9 Å². The Kier molecular flexibility index (Phi) is 6.09. The smallest absolute Gasteiger partial charge is 0.327 e. The molecule has 0 bridgehead atoms. The number of aromatic nitrogens is 2. The summed E-state index contributed by atoms with van der Waals surface area (Å²) in [5.41, 5.74) is 4.38. The van der Waals surface area contributed by atoms with Crippen molar-refractivity contribution in [3.05, 3.63) is 106 Å². The SMILES string of the molecule is CCc1ccc(-c2noc(C3=C(C)N(c4cccc(F)c4)C(=O)NC3c3ccc(Cl)cc3)n2)cc1. The van der Waals surface area contributed by atoms with Gasteiger partial charge in [-0.2, -0.15) is 4.98 Å².